The van der Waals surface area contributed by atoms with Gasteiger partial charge in [-0.2, -0.15) is 0 Å². The molecule has 29 heavy (non-hydrogen) atoms. The number of nitrogens with two attached hydrogens (primary N) is 1. The van der Waals surface area contributed by atoms with Gasteiger partial charge in [0.25, 0.3) is 5.56 Å². The molecule has 152 valence electrons. The monoisotopic (exact) mass is 396 g/mol. The average Bonchev–Trinajstić information content (AvgIpc) is 3.28. The Labute approximate surface area is 167 Å². The minimum atomic E-state index is -1.46. The summed E-state index contributed by atoms with van der Waals surface area (Å²) in [5.74, 6) is -0.955. The van der Waals surface area contributed by atoms with Crippen LogP contribution in [-0.4, -0.2) is 38.8 Å². The molecule has 0 radical (unpaired) electrons. The van der Waals surface area contributed by atoms with Gasteiger partial charge in [0.05, 0.1) is 16.9 Å². The lowest BCUT2D eigenvalue weighted by molar-refractivity contribution is 0.0691. The number of aromatic hydroxyl groups is 1. The van der Waals surface area contributed by atoms with Crippen molar-refractivity contribution in [1.82, 2.24) is 9.55 Å². The van der Waals surface area contributed by atoms with E-state index in [1.54, 1.807) is 6.92 Å². The highest BCUT2D eigenvalue weighted by atomic mass is 16.4. The van der Waals surface area contributed by atoms with E-state index in [1.165, 1.54) is 0 Å². The summed E-state index contributed by atoms with van der Waals surface area (Å²) < 4.78 is 2.08. The van der Waals surface area contributed by atoms with Crippen molar-refractivity contribution in [3.8, 4) is 17.0 Å². The molecule has 0 unspecified atom stereocenters. The maximum absolute atomic E-state index is 12.3. The lowest BCUT2D eigenvalue weighted by Gasteiger charge is -2.19. The van der Waals surface area contributed by atoms with Gasteiger partial charge in [0.1, 0.15) is 11.6 Å². The number of H-pyrrole nitrogens is 1. The molecule has 0 saturated carbocycles. The predicted octanol–water partition coefficient (Wildman–Crippen LogP) is 2.68. The van der Waals surface area contributed by atoms with Gasteiger partial charge in [-0.25, -0.2) is 4.79 Å². The molecule has 0 atom stereocenters. The van der Waals surface area contributed by atoms with Crippen molar-refractivity contribution >= 4 is 28.4 Å². The molecular formula is C21H24N4O4. The number of pyridine rings is 1. The van der Waals surface area contributed by atoms with Gasteiger partial charge < -0.3 is 30.4 Å². The Balaban J connectivity index is 1.93. The Hall–Kier alpha value is -3.42. The first-order valence-corrected chi connectivity index (χ1v) is 9.69. The van der Waals surface area contributed by atoms with Crippen molar-refractivity contribution < 1.29 is 15.0 Å². The summed E-state index contributed by atoms with van der Waals surface area (Å²) in [6.07, 6.45) is 2.64. The fraction of sp³-hybridized carbons (Fsp3) is 0.333. The number of carbonyl (C=O) groups is 1. The third kappa shape index (κ3) is 2.83. The Morgan fingerprint density at radius 2 is 1.97 bits per heavy atom. The standard InChI is InChI=1S/C21H24N4O4/c1-3-12-17(23-19(27)15(18(12)26)21(28)29)11-6-7-14-13(10-11)16(22)20(24(14)2)25-8-4-5-9-25/h6-7,10H,3-5,8-9,22H2,1-2H3,(H,28,29)(H2,23,26,27). The molecule has 0 aliphatic carbocycles. The minimum absolute atomic E-state index is 0.361. The fourth-order valence-corrected chi connectivity index (χ4v) is 4.34. The first-order valence-electron chi connectivity index (χ1n) is 9.69. The van der Waals surface area contributed by atoms with Crippen molar-refractivity contribution in [2.24, 2.45) is 7.05 Å². The second-order valence-corrected chi connectivity index (χ2v) is 7.41. The van der Waals surface area contributed by atoms with Crippen LogP contribution in [0.5, 0.6) is 5.75 Å². The quantitative estimate of drug-likeness (QED) is 0.537. The van der Waals surface area contributed by atoms with E-state index in [0.29, 0.717) is 28.9 Å². The van der Waals surface area contributed by atoms with Crippen molar-refractivity contribution in [2.75, 3.05) is 23.7 Å². The molecule has 1 aromatic carbocycles. The zero-order chi connectivity index (χ0) is 20.9. The van der Waals surface area contributed by atoms with E-state index in [4.69, 9.17) is 5.73 Å². The summed E-state index contributed by atoms with van der Waals surface area (Å²) in [6, 6.07) is 5.66. The highest BCUT2D eigenvalue weighted by Crippen LogP contribution is 2.39. The van der Waals surface area contributed by atoms with Crippen molar-refractivity contribution in [2.45, 2.75) is 26.2 Å². The molecule has 8 nitrogen and oxygen atoms in total. The topological polar surface area (TPSA) is 125 Å². The molecule has 1 fully saturated rings. The Kier molecular flexibility index (Phi) is 4.49. The number of nitrogens with zero attached hydrogens (tertiary/aromatic N) is 2. The SMILES string of the molecule is CCc1c(-c2ccc3c(c2)c(N)c(N2CCCC2)n3C)[nH]c(=O)c(C(=O)O)c1O. The highest BCUT2D eigenvalue weighted by molar-refractivity contribution is 6.01. The zero-order valence-electron chi connectivity index (χ0n) is 16.5. The third-order valence-electron chi connectivity index (χ3n) is 5.76. The Bertz CT molecular complexity index is 1190. The lowest BCUT2D eigenvalue weighted by Crippen LogP contribution is -2.21. The van der Waals surface area contributed by atoms with Crippen molar-refractivity contribution in [1.29, 1.82) is 0 Å². The Morgan fingerprint density at radius 1 is 1.28 bits per heavy atom. The molecule has 5 N–H and O–H groups in total. The summed E-state index contributed by atoms with van der Waals surface area (Å²) in [7, 11) is 1.98. The van der Waals surface area contributed by atoms with Crippen LogP contribution in [0, 0.1) is 0 Å². The number of hydrogen-bond acceptors (Lipinski definition) is 5. The number of aryl methyl sites for hydroxylation is 1. The third-order valence-corrected chi connectivity index (χ3v) is 5.76. The number of anilines is 2. The molecule has 1 aliphatic heterocycles. The number of rotatable bonds is 4. The fourth-order valence-electron chi connectivity index (χ4n) is 4.34. The maximum Gasteiger partial charge on any atom is 0.345 e. The maximum atomic E-state index is 12.3. The lowest BCUT2D eigenvalue weighted by atomic mass is 9.99. The van der Waals surface area contributed by atoms with Gasteiger partial charge in [-0.3, -0.25) is 4.79 Å². The molecule has 0 amide bonds. The number of aromatic nitrogens is 2. The molecule has 1 aliphatic rings. The molecule has 3 heterocycles. The largest absolute Gasteiger partial charge is 0.506 e. The molecule has 2 aromatic heterocycles. The molecule has 0 spiro atoms. The van der Waals surface area contributed by atoms with Gasteiger partial charge in [-0.1, -0.05) is 13.0 Å². The van der Waals surface area contributed by atoms with E-state index in [1.807, 2.05) is 25.2 Å². The average molecular weight is 396 g/mol. The first-order chi connectivity index (χ1) is 13.8. The van der Waals surface area contributed by atoms with Gasteiger partial charge in [0.2, 0.25) is 0 Å². The number of benzene rings is 1. The molecule has 3 aromatic rings. The van der Waals surface area contributed by atoms with E-state index >= 15 is 0 Å². The number of nitrogens with one attached hydrogen (secondary N) is 1. The van der Waals surface area contributed by atoms with Crippen LogP contribution in [0.1, 0.15) is 35.7 Å². The van der Waals surface area contributed by atoms with E-state index in [-0.39, 0.29) is 0 Å². The van der Waals surface area contributed by atoms with Gasteiger partial charge in [0.15, 0.2) is 5.56 Å². The van der Waals surface area contributed by atoms with E-state index in [2.05, 4.69) is 14.5 Å². The number of aromatic amines is 1. The van der Waals surface area contributed by atoms with E-state index in [0.717, 1.165) is 42.7 Å². The van der Waals surface area contributed by atoms with Crippen LogP contribution >= 0.6 is 0 Å². The van der Waals surface area contributed by atoms with Crippen molar-refractivity contribution in [3.63, 3.8) is 0 Å². The second kappa shape index (κ2) is 6.88. The number of fused-ring (bicyclic) bond motifs is 1. The van der Waals surface area contributed by atoms with Gasteiger partial charge in [0, 0.05) is 31.1 Å². The van der Waals surface area contributed by atoms with E-state index in [9.17, 15) is 19.8 Å². The number of nitrogen functional groups attached to an aromatic ring is 1. The first kappa shape index (κ1) is 18.9. The van der Waals surface area contributed by atoms with Crippen LogP contribution in [0.3, 0.4) is 0 Å². The van der Waals surface area contributed by atoms with Gasteiger partial charge in [-0.15, -0.1) is 0 Å². The summed E-state index contributed by atoms with van der Waals surface area (Å²) in [5, 5.41) is 20.5. The zero-order valence-corrected chi connectivity index (χ0v) is 16.5. The summed E-state index contributed by atoms with van der Waals surface area (Å²) in [5.41, 5.74) is 8.15. The summed E-state index contributed by atoms with van der Waals surface area (Å²) >= 11 is 0. The summed E-state index contributed by atoms with van der Waals surface area (Å²) in [6.45, 7) is 3.74. The molecule has 0 bridgehead atoms. The van der Waals surface area contributed by atoms with Crippen LogP contribution in [0.25, 0.3) is 22.2 Å². The predicted molar refractivity (Wildman–Crippen MR) is 113 cm³/mol. The minimum Gasteiger partial charge on any atom is -0.506 e. The van der Waals surface area contributed by atoms with Crippen LogP contribution < -0.4 is 16.2 Å². The molecule has 4 rings (SSSR count). The molecular weight excluding hydrogens is 372 g/mol. The number of carboxylic acid groups (broad SMARTS) is 1. The second-order valence-electron chi connectivity index (χ2n) is 7.41. The number of hydrogen-bond donors (Lipinski definition) is 4. The molecule has 8 heteroatoms. The number of aromatic carboxylic acids is 1. The van der Waals surface area contributed by atoms with Crippen LogP contribution in [0.2, 0.25) is 0 Å². The van der Waals surface area contributed by atoms with E-state index < -0.39 is 22.8 Å². The van der Waals surface area contributed by atoms with Crippen molar-refractivity contribution in [3.05, 3.63) is 39.7 Å². The van der Waals surface area contributed by atoms with Crippen LogP contribution in [0.15, 0.2) is 23.0 Å². The summed E-state index contributed by atoms with van der Waals surface area (Å²) in [4.78, 5) is 28.5. The number of carboxylic acids is 1. The van der Waals surface area contributed by atoms with Gasteiger partial charge >= 0.3 is 5.97 Å². The Morgan fingerprint density at radius 3 is 2.59 bits per heavy atom. The van der Waals surface area contributed by atoms with Gasteiger partial charge in [-0.05, 0) is 37.0 Å². The van der Waals surface area contributed by atoms with Crippen LogP contribution in [-0.2, 0) is 13.5 Å². The van der Waals surface area contributed by atoms with Crippen LogP contribution in [0.4, 0.5) is 11.5 Å². The normalized spacial score (nSPS) is 14.1. The highest BCUT2D eigenvalue weighted by Gasteiger charge is 2.24. The smallest absolute Gasteiger partial charge is 0.345 e. The molecule has 1 saturated heterocycles.